The zero-order valence-corrected chi connectivity index (χ0v) is 10.2. The van der Waals surface area contributed by atoms with E-state index < -0.39 is 12.1 Å². The Hall–Kier alpha value is -1.03. The first-order valence-corrected chi connectivity index (χ1v) is 5.45. The molecular formula is C11H13BrO3. The molecule has 3 nitrogen and oxygen atoms in total. The molecule has 1 atom stereocenters. The molecular weight excluding hydrogens is 260 g/mol. The van der Waals surface area contributed by atoms with Crippen LogP contribution in [-0.2, 0) is 4.79 Å². The molecule has 0 aliphatic carbocycles. The number of rotatable bonds is 4. The van der Waals surface area contributed by atoms with E-state index in [1.165, 1.54) is 0 Å². The number of hydrogen-bond acceptors (Lipinski definition) is 2. The predicted molar refractivity (Wildman–Crippen MR) is 61.0 cm³/mol. The molecule has 82 valence electrons. The van der Waals surface area contributed by atoms with Gasteiger partial charge in [0.05, 0.1) is 4.47 Å². The number of benzene rings is 1. The Balaban J connectivity index is 2.84. The molecule has 0 aliphatic rings. The molecule has 0 radical (unpaired) electrons. The highest BCUT2D eigenvalue weighted by molar-refractivity contribution is 9.10. The fourth-order valence-corrected chi connectivity index (χ4v) is 1.53. The number of halogens is 1. The van der Waals surface area contributed by atoms with Gasteiger partial charge in [0.15, 0.2) is 6.10 Å². The first-order chi connectivity index (χ1) is 7.02. The Labute approximate surface area is 97.2 Å². The highest BCUT2D eigenvalue weighted by Crippen LogP contribution is 2.26. The smallest absolute Gasteiger partial charge is 0.345 e. The average Bonchev–Trinajstić information content (AvgIpc) is 2.15. The summed E-state index contributed by atoms with van der Waals surface area (Å²) in [4.78, 5) is 10.9. The van der Waals surface area contributed by atoms with Gasteiger partial charge in [0, 0.05) is 5.92 Å². The van der Waals surface area contributed by atoms with E-state index in [2.05, 4.69) is 15.9 Å². The topological polar surface area (TPSA) is 46.5 Å². The molecule has 1 rings (SSSR count). The van der Waals surface area contributed by atoms with Crippen LogP contribution in [0.15, 0.2) is 28.7 Å². The van der Waals surface area contributed by atoms with Crippen LogP contribution in [0.3, 0.4) is 0 Å². The molecule has 1 aromatic rings. The van der Waals surface area contributed by atoms with E-state index in [1.54, 1.807) is 12.1 Å². The Morgan fingerprint density at radius 3 is 2.47 bits per heavy atom. The summed E-state index contributed by atoms with van der Waals surface area (Å²) >= 11 is 3.31. The molecule has 0 aliphatic heterocycles. The van der Waals surface area contributed by atoms with E-state index in [-0.39, 0.29) is 5.92 Å². The first kappa shape index (κ1) is 12.0. The minimum atomic E-state index is -0.944. The molecule has 0 spiro atoms. The predicted octanol–water partition coefficient (Wildman–Crippen LogP) is 2.94. The molecule has 1 aromatic carbocycles. The van der Waals surface area contributed by atoms with Gasteiger partial charge in [-0.2, -0.15) is 0 Å². The third kappa shape index (κ3) is 3.23. The van der Waals surface area contributed by atoms with Crippen LogP contribution in [0.5, 0.6) is 5.75 Å². The Morgan fingerprint density at radius 2 is 2.00 bits per heavy atom. The van der Waals surface area contributed by atoms with Crippen LogP contribution < -0.4 is 4.74 Å². The lowest BCUT2D eigenvalue weighted by molar-refractivity contribution is -0.147. The molecule has 0 unspecified atom stereocenters. The highest BCUT2D eigenvalue weighted by Gasteiger charge is 2.23. The van der Waals surface area contributed by atoms with Gasteiger partial charge in [-0.15, -0.1) is 0 Å². The summed E-state index contributed by atoms with van der Waals surface area (Å²) < 4.78 is 6.18. The maximum atomic E-state index is 10.9. The van der Waals surface area contributed by atoms with Gasteiger partial charge < -0.3 is 9.84 Å². The summed E-state index contributed by atoms with van der Waals surface area (Å²) in [5.41, 5.74) is 0. The van der Waals surface area contributed by atoms with Crippen molar-refractivity contribution >= 4 is 21.9 Å². The van der Waals surface area contributed by atoms with Crippen molar-refractivity contribution in [3.8, 4) is 5.75 Å². The molecule has 0 saturated heterocycles. The van der Waals surface area contributed by atoms with Gasteiger partial charge in [0.1, 0.15) is 5.75 Å². The van der Waals surface area contributed by atoms with Crippen molar-refractivity contribution in [2.45, 2.75) is 20.0 Å². The number of hydrogen-bond donors (Lipinski definition) is 1. The van der Waals surface area contributed by atoms with Crippen molar-refractivity contribution < 1.29 is 14.6 Å². The number of aliphatic carboxylic acids is 1. The number of carboxylic acid groups (broad SMARTS) is 1. The van der Waals surface area contributed by atoms with E-state index >= 15 is 0 Å². The van der Waals surface area contributed by atoms with E-state index in [9.17, 15) is 4.79 Å². The molecule has 0 aromatic heterocycles. The molecule has 0 amide bonds. The monoisotopic (exact) mass is 272 g/mol. The molecule has 0 fully saturated rings. The molecule has 0 bridgehead atoms. The van der Waals surface area contributed by atoms with Gasteiger partial charge in [-0.1, -0.05) is 26.0 Å². The van der Waals surface area contributed by atoms with Crippen LogP contribution in [0.2, 0.25) is 0 Å². The van der Waals surface area contributed by atoms with Crippen molar-refractivity contribution in [1.29, 1.82) is 0 Å². The largest absolute Gasteiger partial charge is 0.478 e. The Kier molecular flexibility index (Phi) is 4.15. The fourth-order valence-electron chi connectivity index (χ4n) is 1.15. The van der Waals surface area contributed by atoms with Crippen LogP contribution in [0, 0.1) is 5.92 Å². The standard InChI is InChI=1S/C11H13BrO3/c1-7(2)10(11(13)14)15-9-6-4-3-5-8(9)12/h3-7,10H,1-2H3,(H,13,14)/t10-/m1/s1. The third-order valence-electron chi connectivity index (χ3n) is 1.94. The summed E-state index contributed by atoms with van der Waals surface area (Å²) in [6.07, 6.45) is -0.816. The number of para-hydroxylation sites is 1. The minimum Gasteiger partial charge on any atom is -0.478 e. The number of carboxylic acids is 1. The fraction of sp³-hybridized carbons (Fsp3) is 0.364. The van der Waals surface area contributed by atoms with Crippen LogP contribution in [0.1, 0.15) is 13.8 Å². The molecule has 15 heavy (non-hydrogen) atoms. The van der Waals surface area contributed by atoms with Gasteiger partial charge in [-0.3, -0.25) is 0 Å². The maximum Gasteiger partial charge on any atom is 0.345 e. The van der Waals surface area contributed by atoms with Crippen LogP contribution in [0.4, 0.5) is 0 Å². The van der Waals surface area contributed by atoms with Crippen molar-refractivity contribution in [1.82, 2.24) is 0 Å². The second kappa shape index (κ2) is 5.16. The lowest BCUT2D eigenvalue weighted by atomic mass is 10.1. The van der Waals surface area contributed by atoms with Gasteiger partial charge >= 0.3 is 5.97 Å². The lowest BCUT2D eigenvalue weighted by Crippen LogP contribution is -2.32. The van der Waals surface area contributed by atoms with Crippen LogP contribution >= 0.6 is 15.9 Å². The van der Waals surface area contributed by atoms with Crippen LogP contribution in [-0.4, -0.2) is 17.2 Å². The van der Waals surface area contributed by atoms with E-state index in [0.29, 0.717) is 5.75 Å². The summed E-state index contributed by atoms with van der Waals surface area (Å²) in [5, 5.41) is 8.96. The maximum absolute atomic E-state index is 10.9. The summed E-state index contributed by atoms with van der Waals surface area (Å²) in [5.74, 6) is -0.464. The Morgan fingerprint density at radius 1 is 1.40 bits per heavy atom. The number of ether oxygens (including phenoxy) is 1. The highest BCUT2D eigenvalue weighted by atomic mass is 79.9. The van der Waals surface area contributed by atoms with Crippen LogP contribution in [0.25, 0.3) is 0 Å². The summed E-state index contributed by atoms with van der Waals surface area (Å²) in [7, 11) is 0. The van der Waals surface area contributed by atoms with Gasteiger partial charge in [0.25, 0.3) is 0 Å². The molecule has 0 saturated carbocycles. The normalized spacial score (nSPS) is 12.5. The van der Waals surface area contributed by atoms with E-state index in [4.69, 9.17) is 9.84 Å². The van der Waals surface area contributed by atoms with Gasteiger partial charge in [-0.25, -0.2) is 4.79 Å². The molecule has 4 heteroatoms. The zero-order valence-electron chi connectivity index (χ0n) is 8.61. The van der Waals surface area contributed by atoms with Crippen molar-refractivity contribution in [2.75, 3.05) is 0 Å². The molecule has 0 heterocycles. The van der Waals surface area contributed by atoms with Gasteiger partial charge in [0.2, 0.25) is 0 Å². The molecule has 1 N–H and O–H groups in total. The van der Waals surface area contributed by atoms with Crippen molar-refractivity contribution in [3.63, 3.8) is 0 Å². The van der Waals surface area contributed by atoms with Crippen molar-refractivity contribution in [3.05, 3.63) is 28.7 Å². The van der Waals surface area contributed by atoms with Gasteiger partial charge in [-0.05, 0) is 28.1 Å². The second-order valence-corrected chi connectivity index (χ2v) is 4.41. The van der Waals surface area contributed by atoms with Crippen molar-refractivity contribution in [2.24, 2.45) is 5.92 Å². The number of carbonyl (C=O) groups is 1. The van der Waals surface area contributed by atoms with E-state index in [0.717, 1.165) is 4.47 Å². The lowest BCUT2D eigenvalue weighted by Gasteiger charge is -2.18. The summed E-state index contributed by atoms with van der Waals surface area (Å²) in [6.45, 7) is 3.63. The second-order valence-electron chi connectivity index (χ2n) is 3.55. The first-order valence-electron chi connectivity index (χ1n) is 4.66. The quantitative estimate of drug-likeness (QED) is 0.917. The van der Waals surface area contributed by atoms with E-state index in [1.807, 2.05) is 26.0 Å². The summed E-state index contributed by atoms with van der Waals surface area (Å²) in [6, 6.07) is 7.21. The third-order valence-corrected chi connectivity index (χ3v) is 2.59. The SMILES string of the molecule is CC(C)[C@@H](Oc1ccccc1Br)C(=O)O. The zero-order chi connectivity index (χ0) is 11.4. The average molecular weight is 273 g/mol. The Bertz CT molecular complexity index is 349. The minimum absolute atomic E-state index is 0.0744.